The number of aliphatic hydroxyl groups is 1. The molecule has 0 saturated carbocycles. The van der Waals surface area contributed by atoms with Crippen molar-refractivity contribution in [1.29, 1.82) is 0 Å². The molecule has 0 aliphatic carbocycles. The van der Waals surface area contributed by atoms with E-state index in [1.54, 1.807) is 13.2 Å². The monoisotopic (exact) mass is 265 g/mol. The molecular weight excluding hydrogens is 242 g/mol. The van der Waals surface area contributed by atoms with Crippen LogP contribution in [0.25, 0.3) is 0 Å². The van der Waals surface area contributed by atoms with Gasteiger partial charge in [-0.1, -0.05) is 12.1 Å². The summed E-state index contributed by atoms with van der Waals surface area (Å²) < 4.78 is 5.12. The molecule has 1 saturated heterocycles. The van der Waals surface area contributed by atoms with Crippen LogP contribution in [0.1, 0.15) is 25.3 Å². The summed E-state index contributed by atoms with van der Waals surface area (Å²) in [5, 5.41) is 19.7. The third kappa shape index (κ3) is 3.39. The van der Waals surface area contributed by atoms with Gasteiger partial charge in [0, 0.05) is 12.1 Å². The fourth-order valence-electron chi connectivity index (χ4n) is 2.69. The molecule has 2 N–H and O–H groups in total. The number of benzene rings is 1. The Kier molecular flexibility index (Phi) is 4.66. The van der Waals surface area contributed by atoms with Crippen molar-refractivity contribution in [3.8, 4) is 11.5 Å². The number of hydrogen-bond donors (Lipinski definition) is 2. The lowest BCUT2D eigenvalue weighted by Crippen LogP contribution is -2.36. The van der Waals surface area contributed by atoms with Gasteiger partial charge in [0.2, 0.25) is 0 Å². The SMILES string of the molecule is COc1cccc(CN2CCC(C(C)O)CC2)c1O. The van der Waals surface area contributed by atoms with Crippen LogP contribution in [0.3, 0.4) is 0 Å². The standard InChI is InChI=1S/C15H23NO3/c1-11(17)12-6-8-16(9-7-12)10-13-4-3-5-14(19-2)15(13)18/h3-5,11-12,17-18H,6-10H2,1-2H3. The van der Waals surface area contributed by atoms with Crippen molar-refractivity contribution in [2.24, 2.45) is 5.92 Å². The van der Waals surface area contributed by atoms with Gasteiger partial charge in [-0.3, -0.25) is 4.90 Å². The first-order chi connectivity index (χ1) is 9.11. The summed E-state index contributed by atoms with van der Waals surface area (Å²) in [7, 11) is 1.56. The number of likely N-dealkylation sites (tertiary alicyclic amines) is 1. The van der Waals surface area contributed by atoms with E-state index >= 15 is 0 Å². The highest BCUT2D eigenvalue weighted by Crippen LogP contribution is 2.31. The Hall–Kier alpha value is -1.26. The average Bonchev–Trinajstić information content (AvgIpc) is 2.42. The van der Waals surface area contributed by atoms with Gasteiger partial charge in [0.1, 0.15) is 0 Å². The molecule has 19 heavy (non-hydrogen) atoms. The summed E-state index contributed by atoms with van der Waals surface area (Å²) in [5.41, 5.74) is 0.898. The molecule has 0 amide bonds. The van der Waals surface area contributed by atoms with Gasteiger partial charge >= 0.3 is 0 Å². The first-order valence-electron chi connectivity index (χ1n) is 6.87. The summed E-state index contributed by atoms with van der Waals surface area (Å²) in [4.78, 5) is 2.31. The summed E-state index contributed by atoms with van der Waals surface area (Å²) in [6.07, 6.45) is 1.82. The summed E-state index contributed by atoms with van der Waals surface area (Å²) in [5.74, 6) is 1.18. The predicted molar refractivity (Wildman–Crippen MR) is 74.3 cm³/mol. The van der Waals surface area contributed by atoms with Crippen LogP contribution in [0, 0.1) is 5.92 Å². The minimum Gasteiger partial charge on any atom is -0.504 e. The highest BCUT2D eigenvalue weighted by atomic mass is 16.5. The Morgan fingerprint density at radius 3 is 2.63 bits per heavy atom. The summed E-state index contributed by atoms with van der Waals surface area (Å²) in [6, 6.07) is 5.59. The third-order valence-corrected chi connectivity index (χ3v) is 4.01. The zero-order chi connectivity index (χ0) is 13.8. The minimum atomic E-state index is -0.215. The quantitative estimate of drug-likeness (QED) is 0.874. The second kappa shape index (κ2) is 6.26. The Morgan fingerprint density at radius 2 is 2.05 bits per heavy atom. The molecule has 4 nitrogen and oxygen atoms in total. The number of phenolic OH excluding ortho intramolecular Hbond substituents is 1. The maximum absolute atomic E-state index is 10.1. The van der Waals surface area contributed by atoms with Gasteiger partial charge in [-0.15, -0.1) is 0 Å². The molecule has 1 heterocycles. The van der Waals surface area contributed by atoms with Gasteiger partial charge in [0.15, 0.2) is 11.5 Å². The molecule has 0 bridgehead atoms. The number of ether oxygens (including phenoxy) is 1. The lowest BCUT2D eigenvalue weighted by molar-refractivity contribution is 0.0692. The van der Waals surface area contributed by atoms with E-state index in [9.17, 15) is 10.2 Å². The lowest BCUT2D eigenvalue weighted by atomic mass is 9.92. The molecule has 1 aromatic carbocycles. The molecule has 2 rings (SSSR count). The molecule has 1 unspecified atom stereocenters. The maximum atomic E-state index is 10.1. The van der Waals surface area contributed by atoms with Crippen LogP contribution >= 0.6 is 0 Å². The van der Waals surface area contributed by atoms with Crippen LogP contribution in [-0.4, -0.2) is 41.4 Å². The van der Waals surface area contributed by atoms with Gasteiger partial charge in [0.05, 0.1) is 13.2 Å². The van der Waals surface area contributed by atoms with E-state index in [0.29, 0.717) is 11.7 Å². The van der Waals surface area contributed by atoms with E-state index in [4.69, 9.17) is 4.74 Å². The minimum absolute atomic E-state index is 0.215. The van der Waals surface area contributed by atoms with E-state index < -0.39 is 0 Å². The molecule has 0 aromatic heterocycles. The number of nitrogens with zero attached hydrogens (tertiary/aromatic N) is 1. The molecule has 106 valence electrons. The van der Waals surface area contributed by atoms with Crippen LogP contribution in [0.15, 0.2) is 18.2 Å². The molecule has 1 atom stereocenters. The van der Waals surface area contributed by atoms with Crippen molar-refractivity contribution >= 4 is 0 Å². The number of methoxy groups -OCH3 is 1. The van der Waals surface area contributed by atoms with Crippen molar-refractivity contribution in [2.75, 3.05) is 20.2 Å². The molecule has 1 fully saturated rings. The molecule has 0 radical (unpaired) electrons. The molecule has 0 spiro atoms. The molecule has 4 heteroatoms. The molecular formula is C15H23NO3. The van der Waals surface area contributed by atoms with Gasteiger partial charge in [0.25, 0.3) is 0 Å². The Bertz CT molecular complexity index is 412. The van der Waals surface area contributed by atoms with Crippen molar-refractivity contribution in [3.63, 3.8) is 0 Å². The van der Waals surface area contributed by atoms with Gasteiger partial charge < -0.3 is 14.9 Å². The fraction of sp³-hybridized carbons (Fsp3) is 0.600. The smallest absolute Gasteiger partial charge is 0.162 e. The van der Waals surface area contributed by atoms with Crippen molar-refractivity contribution in [1.82, 2.24) is 4.90 Å². The number of aromatic hydroxyl groups is 1. The van der Waals surface area contributed by atoms with E-state index in [1.165, 1.54) is 0 Å². The Balaban J connectivity index is 1.96. The topological polar surface area (TPSA) is 52.9 Å². The summed E-state index contributed by atoms with van der Waals surface area (Å²) >= 11 is 0. The van der Waals surface area contributed by atoms with Gasteiger partial charge in [-0.2, -0.15) is 0 Å². The first kappa shape index (κ1) is 14.2. The normalized spacial score (nSPS) is 19.3. The lowest BCUT2D eigenvalue weighted by Gasteiger charge is -2.33. The van der Waals surface area contributed by atoms with E-state index in [1.807, 2.05) is 19.1 Å². The molecule has 1 aliphatic heterocycles. The number of phenols is 1. The second-order valence-corrected chi connectivity index (χ2v) is 5.32. The zero-order valence-electron chi connectivity index (χ0n) is 11.7. The highest BCUT2D eigenvalue weighted by molar-refractivity contribution is 5.45. The van der Waals surface area contributed by atoms with Crippen molar-refractivity contribution < 1.29 is 14.9 Å². The Labute approximate surface area is 114 Å². The Morgan fingerprint density at radius 1 is 1.37 bits per heavy atom. The second-order valence-electron chi connectivity index (χ2n) is 5.32. The van der Waals surface area contributed by atoms with Crippen LogP contribution in [0.2, 0.25) is 0 Å². The third-order valence-electron chi connectivity index (χ3n) is 4.01. The van der Waals surface area contributed by atoms with Gasteiger partial charge in [-0.25, -0.2) is 0 Å². The fourth-order valence-corrected chi connectivity index (χ4v) is 2.69. The van der Waals surface area contributed by atoms with Crippen LogP contribution < -0.4 is 4.74 Å². The molecule has 1 aliphatic rings. The van der Waals surface area contributed by atoms with Crippen molar-refractivity contribution in [3.05, 3.63) is 23.8 Å². The first-order valence-corrected chi connectivity index (χ1v) is 6.87. The highest BCUT2D eigenvalue weighted by Gasteiger charge is 2.23. The zero-order valence-corrected chi connectivity index (χ0v) is 11.7. The number of piperidine rings is 1. The van der Waals surface area contributed by atoms with E-state index in [2.05, 4.69) is 4.90 Å². The van der Waals surface area contributed by atoms with Crippen LogP contribution in [0.5, 0.6) is 11.5 Å². The van der Waals surface area contributed by atoms with Gasteiger partial charge in [-0.05, 0) is 44.8 Å². The largest absolute Gasteiger partial charge is 0.504 e. The van der Waals surface area contributed by atoms with Crippen molar-refractivity contribution in [2.45, 2.75) is 32.4 Å². The number of rotatable bonds is 4. The predicted octanol–water partition coefficient (Wildman–Crippen LogP) is 1.99. The van der Waals surface area contributed by atoms with Crippen LogP contribution in [-0.2, 0) is 6.54 Å². The van der Waals surface area contributed by atoms with E-state index in [-0.39, 0.29) is 11.9 Å². The maximum Gasteiger partial charge on any atom is 0.162 e. The number of para-hydroxylation sites is 1. The summed E-state index contributed by atoms with van der Waals surface area (Å²) in [6.45, 7) is 4.53. The number of hydrogen-bond acceptors (Lipinski definition) is 4. The van der Waals surface area contributed by atoms with E-state index in [0.717, 1.165) is 38.0 Å². The average molecular weight is 265 g/mol. The molecule has 1 aromatic rings. The van der Waals surface area contributed by atoms with Crippen LogP contribution in [0.4, 0.5) is 0 Å². The number of aliphatic hydroxyl groups excluding tert-OH is 1.